The van der Waals surface area contributed by atoms with Crippen LogP contribution in [0.25, 0.3) is 0 Å². The van der Waals surface area contributed by atoms with Crippen molar-refractivity contribution in [2.75, 3.05) is 25.6 Å². The Morgan fingerprint density at radius 3 is 2.47 bits per heavy atom. The van der Waals surface area contributed by atoms with Crippen LogP contribution in [-0.2, 0) is 15.7 Å². The highest BCUT2D eigenvalue weighted by atomic mass is 19.4. The molecule has 0 saturated carbocycles. The number of halogens is 4. The van der Waals surface area contributed by atoms with Gasteiger partial charge in [-0.25, -0.2) is 4.39 Å². The molecule has 1 aromatic carbocycles. The Kier molecular flexibility index (Phi) is 4.74. The van der Waals surface area contributed by atoms with Gasteiger partial charge in [0.2, 0.25) is 0 Å². The summed E-state index contributed by atoms with van der Waals surface area (Å²) in [5.74, 6) is -1.46. The van der Waals surface area contributed by atoms with E-state index in [1.54, 1.807) is 0 Å². The summed E-state index contributed by atoms with van der Waals surface area (Å²) < 4.78 is 55.1. The molecule has 106 valence electrons. The standard InChI is InChI=1S/C12H13F4NO2/c1-17(6-5-11(18)19-2)10-4-3-8(7-9(10)13)12(14,15)16/h3-4,7H,5-6H2,1-2H3. The minimum atomic E-state index is -4.58. The molecular weight excluding hydrogens is 266 g/mol. The Hall–Kier alpha value is -1.79. The highest BCUT2D eigenvalue weighted by molar-refractivity contribution is 5.70. The SMILES string of the molecule is COC(=O)CCN(C)c1ccc(C(F)(F)F)cc1F. The van der Waals surface area contributed by atoms with Crippen molar-refractivity contribution in [1.82, 2.24) is 0 Å². The fourth-order valence-corrected chi connectivity index (χ4v) is 1.47. The van der Waals surface area contributed by atoms with Gasteiger partial charge in [-0.15, -0.1) is 0 Å². The van der Waals surface area contributed by atoms with Gasteiger partial charge in [-0.05, 0) is 18.2 Å². The van der Waals surface area contributed by atoms with Crippen LogP contribution in [-0.4, -0.2) is 26.7 Å². The van der Waals surface area contributed by atoms with Gasteiger partial charge in [0.25, 0.3) is 0 Å². The van der Waals surface area contributed by atoms with E-state index >= 15 is 0 Å². The largest absolute Gasteiger partial charge is 0.469 e. The highest BCUT2D eigenvalue weighted by Crippen LogP contribution is 2.32. The third kappa shape index (κ3) is 4.11. The van der Waals surface area contributed by atoms with E-state index < -0.39 is 23.5 Å². The normalized spacial score (nSPS) is 11.3. The van der Waals surface area contributed by atoms with Crippen LogP contribution in [0.5, 0.6) is 0 Å². The third-order valence-electron chi connectivity index (χ3n) is 2.57. The van der Waals surface area contributed by atoms with E-state index in [9.17, 15) is 22.4 Å². The van der Waals surface area contributed by atoms with Crippen LogP contribution in [0.3, 0.4) is 0 Å². The molecule has 0 bridgehead atoms. The molecule has 0 N–H and O–H groups in total. The molecule has 7 heteroatoms. The zero-order valence-electron chi connectivity index (χ0n) is 10.4. The highest BCUT2D eigenvalue weighted by Gasteiger charge is 2.31. The number of carbonyl (C=O) groups is 1. The van der Waals surface area contributed by atoms with Crippen molar-refractivity contribution in [1.29, 1.82) is 0 Å². The molecule has 19 heavy (non-hydrogen) atoms. The first-order valence-electron chi connectivity index (χ1n) is 5.40. The maximum Gasteiger partial charge on any atom is 0.416 e. The first-order valence-corrected chi connectivity index (χ1v) is 5.40. The Bertz CT molecular complexity index is 460. The first kappa shape index (κ1) is 15.3. The van der Waals surface area contributed by atoms with Crippen LogP contribution < -0.4 is 4.90 Å². The van der Waals surface area contributed by atoms with Gasteiger partial charge in [0.1, 0.15) is 5.82 Å². The number of anilines is 1. The topological polar surface area (TPSA) is 29.5 Å². The molecule has 0 fully saturated rings. The van der Waals surface area contributed by atoms with Crippen molar-refractivity contribution < 1.29 is 27.1 Å². The second-order valence-corrected chi connectivity index (χ2v) is 3.91. The summed E-state index contributed by atoms with van der Waals surface area (Å²) in [7, 11) is 2.70. The van der Waals surface area contributed by atoms with Gasteiger partial charge in [0.05, 0.1) is 24.8 Å². The average Bonchev–Trinajstić information content (AvgIpc) is 2.34. The molecule has 0 aromatic heterocycles. The summed E-state index contributed by atoms with van der Waals surface area (Å²) in [5.41, 5.74) is -1.05. The molecule has 0 aliphatic carbocycles. The summed E-state index contributed by atoms with van der Waals surface area (Å²) in [6.07, 6.45) is -4.56. The molecule has 1 aromatic rings. The molecule has 0 radical (unpaired) electrons. The van der Waals surface area contributed by atoms with Crippen LogP contribution in [0.1, 0.15) is 12.0 Å². The number of nitrogens with zero attached hydrogens (tertiary/aromatic N) is 1. The summed E-state index contributed by atoms with van der Waals surface area (Å²) in [5, 5.41) is 0. The van der Waals surface area contributed by atoms with Crippen LogP contribution in [0, 0.1) is 5.82 Å². The van der Waals surface area contributed by atoms with Crippen molar-refractivity contribution in [2.24, 2.45) is 0 Å². The number of esters is 1. The van der Waals surface area contributed by atoms with E-state index in [1.807, 2.05) is 0 Å². The number of benzene rings is 1. The lowest BCUT2D eigenvalue weighted by Gasteiger charge is -2.20. The molecular formula is C12H13F4NO2. The lowest BCUT2D eigenvalue weighted by molar-refractivity contribution is -0.140. The molecule has 3 nitrogen and oxygen atoms in total. The van der Waals surface area contributed by atoms with E-state index in [0.29, 0.717) is 6.07 Å². The second-order valence-electron chi connectivity index (χ2n) is 3.91. The molecule has 0 saturated heterocycles. The van der Waals surface area contributed by atoms with E-state index in [1.165, 1.54) is 19.1 Å². The molecule has 0 unspecified atom stereocenters. The predicted octanol–water partition coefficient (Wildman–Crippen LogP) is 2.84. The molecule has 0 aliphatic rings. The molecule has 0 spiro atoms. The fraction of sp³-hybridized carbons (Fsp3) is 0.417. The number of alkyl halides is 3. The molecule has 0 atom stereocenters. The lowest BCUT2D eigenvalue weighted by Crippen LogP contribution is -2.22. The monoisotopic (exact) mass is 279 g/mol. The smallest absolute Gasteiger partial charge is 0.416 e. The van der Waals surface area contributed by atoms with E-state index in [-0.39, 0.29) is 18.7 Å². The van der Waals surface area contributed by atoms with Crippen molar-refractivity contribution in [3.05, 3.63) is 29.6 Å². The van der Waals surface area contributed by atoms with E-state index in [4.69, 9.17) is 0 Å². The summed E-state index contributed by atoms with van der Waals surface area (Å²) in [4.78, 5) is 12.3. The summed E-state index contributed by atoms with van der Waals surface area (Å²) in [6.45, 7) is 0.148. The van der Waals surface area contributed by atoms with Crippen molar-refractivity contribution >= 4 is 11.7 Å². The molecule has 0 aliphatic heterocycles. The zero-order chi connectivity index (χ0) is 14.6. The number of ether oxygens (including phenoxy) is 1. The lowest BCUT2D eigenvalue weighted by atomic mass is 10.1. The predicted molar refractivity (Wildman–Crippen MR) is 61.3 cm³/mol. The maximum atomic E-state index is 13.6. The zero-order valence-corrected chi connectivity index (χ0v) is 10.4. The maximum absolute atomic E-state index is 13.6. The van der Waals surface area contributed by atoms with Crippen molar-refractivity contribution in [2.45, 2.75) is 12.6 Å². The quantitative estimate of drug-likeness (QED) is 0.627. The minimum Gasteiger partial charge on any atom is -0.469 e. The second kappa shape index (κ2) is 5.90. The van der Waals surface area contributed by atoms with Gasteiger partial charge in [-0.1, -0.05) is 0 Å². The van der Waals surface area contributed by atoms with Crippen LogP contribution in [0.15, 0.2) is 18.2 Å². The summed E-state index contributed by atoms with van der Waals surface area (Å²) >= 11 is 0. The van der Waals surface area contributed by atoms with Gasteiger partial charge in [0, 0.05) is 13.6 Å². The van der Waals surface area contributed by atoms with Crippen LogP contribution >= 0.6 is 0 Å². The molecule has 0 amide bonds. The number of hydrogen-bond acceptors (Lipinski definition) is 3. The van der Waals surface area contributed by atoms with Crippen molar-refractivity contribution in [3.63, 3.8) is 0 Å². The average molecular weight is 279 g/mol. The number of hydrogen-bond donors (Lipinski definition) is 0. The van der Waals surface area contributed by atoms with Gasteiger partial charge < -0.3 is 9.64 Å². The van der Waals surface area contributed by atoms with E-state index in [2.05, 4.69) is 4.74 Å². The summed E-state index contributed by atoms with van der Waals surface area (Å²) in [6, 6.07) is 2.27. The van der Waals surface area contributed by atoms with Crippen LogP contribution in [0.2, 0.25) is 0 Å². The Morgan fingerprint density at radius 2 is 2.00 bits per heavy atom. The van der Waals surface area contributed by atoms with Gasteiger partial charge in [0.15, 0.2) is 0 Å². The minimum absolute atomic E-state index is 0.00287. The number of methoxy groups -OCH3 is 1. The number of carbonyl (C=O) groups excluding carboxylic acids is 1. The Balaban J connectivity index is 2.82. The first-order chi connectivity index (χ1) is 8.75. The Labute approximate surface area is 107 Å². The molecule has 1 rings (SSSR count). The van der Waals surface area contributed by atoms with E-state index in [0.717, 1.165) is 12.1 Å². The Morgan fingerprint density at radius 1 is 1.37 bits per heavy atom. The van der Waals surface area contributed by atoms with Crippen LogP contribution in [0.4, 0.5) is 23.2 Å². The molecule has 0 heterocycles. The van der Waals surface area contributed by atoms with Gasteiger partial charge >= 0.3 is 12.1 Å². The van der Waals surface area contributed by atoms with Gasteiger partial charge in [-0.2, -0.15) is 13.2 Å². The van der Waals surface area contributed by atoms with Gasteiger partial charge in [-0.3, -0.25) is 4.79 Å². The number of rotatable bonds is 4. The third-order valence-corrected chi connectivity index (χ3v) is 2.57. The fourth-order valence-electron chi connectivity index (χ4n) is 1.47. The van der Waals surface area contributed by atoms with Crippen molar-refractivity contribution in [3.8, 4) is 0 Å².